The summed E-state index contributed by atoms with van der Waals surface area (Å²) in [5.41, 5.74) is 0. The molecule has 6 nitrogen and oxygen atoms in total. The summed E-state index contributed by atoms with van der Waals surface area (Å²) in [6, 6.07) is -0.0319. The molecule has 0 spiro atoms. The first kappa shape index (κ1) is 13.3. The third-order valence-electron chi connectivity index (χ3n) is 3.56. The zero-order valence-electron chi connectivity index (χ0n) is 10.2. The summed E-state index contributed by atoms with van der Waals surface area (Å²) in [7, 11) is -0.784. The topological polar surface area (TPSA) is 77.9 Å². The molecule has 0 unspecified atom stereocenters. The third kappa shape index (κ3) is 3.01. The number of urea groups is 1. The van der Waals surface area contributed by atoms with Crippen molar-refractivity contribution in [1.82, 2.24) is 9.80 Å². The normalized spacial score (nSPS) is 23.1. The Morgan fingerprint density at radius 3 is 2.00 bits per heavy atom. The van der Waals surface area contributed by atoms with Gasteiger partial charge in [0.05, 0.1) is 5.92 Å². The van der Waals surface area contributed by atoms with E-state index in [1.54, 1.807) is 9.80 Å². The van der Waals surface area contributed by atoms with Gasteiger partial charge < -0.3 is 14.9 Å². The lowest BCUT2D eigenvalue weighted by Crippen LogP contribution is -2.51. The van der Waals surface area contributed by atoms with E-state index in [9.17, 15) is 13.8 Å². The Labute approximate surface area is 108 Å². The molecule has 0 atom stereocenters. The van der Waals surface area contributed by atoms with Gasteiger partial charge in [-0.3, -0.25) is 9.00 Å². The SMILES string of the molecule is O=C(O)C1CCN(C(=O)N2CCS(=O)CC2)CC1. The van der Waals surface area contributed by atoms with Gasteiger partial charge in [0.1, 0.15) is 0 Å². The number of carbonyl (C=O) groups is 2. The molecule has 2 aliphatic rings. The molecular weight excluding hydrogens is 256 g/mol. The Kier molecular flexibility index (Phi) is 4.21. The molecule has 0 aromatic carbocycles. The van der Waals surface area contributed by atoms with E-state index < -0.39 is 16.8 Å². The predicted molar refractivity (Wildman–Crippen MR) is 66.8 cm³/mol. The number of nitrogens with zero attached hydrogens (tertiary/aromatic N) is 2. The van der Waals surface area contributed by atoms with E-state index in [0.717, 1.165) is 0 Å². The predicted octanol–water partition coefficient (Wildman–Crippen LogP) is -0.0327. The lowest BCUT2D eigenvalue weighted by atomic mass is 9.97. The molecule has 0 aromatic heterocycles. The number of carboxylic acids is 1. The van der Waals surface area contributed by atoms with Gasteiger partial charge in [0.2, 0.25) is 0 Å². The first-order chi connectivity index (χ1) is 8.58. The second-order valence-corrected chi connectivity index (χ2v) is 6.41. The van der Waals surface area contributed by atoms with Crippen LogP contribution in [0.4, 0.5) is 4.79 Å². The maximum atomic E-state index is 12.1. The number of likely N-dealkylation sites (tertiary alicyclic amines) is 1. The molecule has 2 aliphatic heterocycles. The maximum Gasteiger partial charge on any atom is 0.320 e. The van der Waals surface area contributed by atoms with E-state index in [1.165, 1.54) is 0 Å². The number of hydrogen-bond acceptors (Lipinski definition) is 3. The molecule has 2 heterocycles. The minimum Gasteiger partial charge on any atom is -0.481 e. The lowest BCUT2D eigenvalue weighted by Gasteiger charge is -2.36. The molecule has 0 aliphatic carbocycles. The molecule has 2 rings (SSSR count). The molecule has 2 fully saturated rings. The van der Waals surface area contributed by atoms with Gasteiger partial charge in [-0.25, -0.2) is 4.79 Å². The summed E-state index contributed by atoms with van der Waals surface area (Å²) >= 11 is 0. The van der Waals surface area contributed by atoms with Gasteiger partial charge in [0.15, 0.2) is 0 Å². The highest BCUT2D eigenvalue weighted by molar-refractivity contribution is 7.85. The van der Waals surface area contributed by atoms with E-state index in [2.05, 4.69) is 0 Å². The average Bonchev–Trinajstić information content (AvgIpc) is 2.39. The number of aliphatic carboxylic acids is 1. The first-order valence-corrected chi connectivity index (χ1v) is 7.68. The van der Waals surface area contributed by atoms with Gasteiger partial charge in [-0.15, -0.1) is 0 Å². The van der Waals surface area contributed by atoms with Crippen LogP contribution in [0.5, 0.6) is 0 Å². The fraction of sp³-hybridized carbons (Fsp3) is 0.818. The molecule has 2 saturated heterocycles. The quantitative estimate of drug-likeness (QED) is 0.728. The smallest absolute Gasteiger partial charge is 0.320 e. The van der Waals surface area contributed by atoms with Gasteiger partial charge >= 0.3 is 12.0 Å². The highest BCUT2D eigenvalue weighted by Crippen LogP contribution is 2.18. The van der Waals surface area contributed by atoms with Crippen molar-refractivity contribution in [2.75, 3.05) is 37.7 Å². The van der Waals surface area contributed by atoms with Crippen LogP contribution < -0.4 is 0 Å². The van der Waals surface area contributed by atoms with Crippen LogP contribution in [0.2, 0.25) is 0 Å². The van der Waals surface area contributed by atoms with E-state index in [-0.39, 0.29) is 11.9 Å². The summed E-state index contributed by atoms with van der Waals surface area (Å²) < 4.78 is 11.2. The van der Waals surface area contributed by atoms with E-state index >= 15 is 0 Å². The van der Waals surface area contributed by atoms with Crippen LogP contribution in [0, 0.1) is 5.92 Å². The van der Waals surface area contributed by atoms with Crippen molar-refractivity contribution in [3.63, 3.8) is 0 Å². The summed E-state index contributed by atoms with van der Waals surface area (Å²) in [5.74, 6) is 0.0210. The van der Waals surface area contributed by atoms with Crippen LogP contribution in [0.15, 0.2) is 0 Å². The highest BCUT2D eigenvalue weighted by atomic mass is 32.2. The lowest BCUT2D eigenvalue weighted by molar-refractivity contribution is -0.143. The van der Waals surface area contributed by atoms with Crippen LogP contribution in [0.25, 0.3) is 0 Å². The molecular formula is C11H18N2O4S. The number of rotatable bonds is 1. The first-order valence-electron chi connectivity index (χ1n) is 6.19. The van der Waals surface area contributed by atoms with Crippen molar-refractivity contribution in [2.24, 2.45) is 5.92 Å². The highest BCUT2D eigenvalue weighted by Gasteiger charge is 2.30. The Bertz CT molecular complexity index is 356. The van der Waals surface area contributed by atoms with Crippen LogP contribution in [0.1, 0.15) is 12.8 Å². The van der Waals surface area contributed by atoms with E-state index in [4.69, 9.17) is 5.11 Å². The van der Waals surface area contributed by atoms with Gasteiger partial charge in [0.25, 0.3) is 0 Å². The number of carboxylic acid groups (broad SMARTS) is 1. The second kappa shape index (κ2) is 5.69. The van der Waals surface area contributed by atoms with Gasteiger partial charge in [0, 0.05) is 48.5 Å². The molecule has 2 amide bonds. The third-order valence-corrected chi connectivity index (χ3v) is 4.84. The Morgan fingerprint density at radius 2 is 1.50 bits per heavy atom. The summed E-state index contributed by atoms with van der Waals surface area (Å²) in [5, 5.41) is 8.89. The summed E-state index contributed by atoms with van der Waals surface area (Å²) in [6.45, 7) is 2.11. The van der Waals surface area contributed by atoms with Crippen molar-refractivity contribution in [1.29, 1.82) is 0 Å². The maximum absolute atomic E-state index is 12.1. The molecule has 0 radical (unpaired) electrons. The summed E-state index contributed by atoms with van der Waals surface area (Å²) in [4.78, 5) is 26.4. The molecule has 0 bridgehead atoms. The Morgan fingerprint density at radius 1 is 1.00 bits per heavy atom. The molecule has 0 saturated carbocycles. The van der Waals surface area contributed by atoms with Gasteiger partial charge in [-0.1, -0.05) is 0 Å². The van der Waals surface area contributed by atoms with Crippen molar-refractivity contribution < 1.29 is 18.9 Å². The van der Waals surface area contributed by atoms with Crippen molar-refractivity contribution in [3.8, 4) is 0 Å². The van der Waals surface area contributed by atoms with Crippen molar-refractivity contribution >= 4 is 22.8 Å². The van der Waals surface area contributed by atoms with Gasteiger partial charge in [-0.2, -0.15) is 0 Å². The minimum atomic E-state index is -0.784. The molecule has 102 valence electrons. The van der Waals surface area contributed by atoms with Gasteiger partial charge in [-0.05, 0) is 12.8 Å². The zero-order valence-corrected chi connectivity index (χ0v) is 11.0. The molecule has 1 N–H and O–H groups in total. The standard InChI is InChI=1S/C11H18N2O4S/c14-10(15)9-1-3-12(4-2-9)11(16)13-5-7-18(17)8-6-13/h9H,1-8H2,(H,14,15). The number of amides is 2. The van der Waals surface area contributed by atoms with Crippen LogP contribution >= 0.6 is 0 Å². The minimum absolute atomic E-state index is 0.0319. The fourth-order valence-electron chi connectivity index (χ4n) is 2.35. The zero-order chi connectivity index (χ0) is 13.1. The fourth-order valence-corrected chi connectivity index (χ4v) is 3.40. The molecule has 18 heavy (non-hydrogen) atoms. The average molecular weight is 274 g/mol. The Balaban J connectivity index is 1.84. The monoisotopic (exact) mass is 274 g/mol. The van der Waals surface area contributed by atoms with Crippen molar-refractivity contribution in [3.05, 3.63) is 0 Å². The number of hydrogen-bond donors (Lipinski definition) is 1. The number of carbonyl (C=O) groups excluding carboxylic acids is 1. The number of piperidine rings is 1. The molecule has 7 heteroatoms. The molecule has 0 aromatic rings. The van der Waals surface area contributed by atoms with Crippen LogP contribution in [0.3, 0.4) is 0 Å². The second-order valence-electron chi connectivity index (χ2n) is 4.72. The van der Waals surface area contributed by atoms with E-state index in [0.29, 0.717) is 50.5 Å². The largest absolute Gasteiger partial charge is 0.481 e. The van der Waals surface area contributed by atoms with Crippen LogP contribution in [-0.4, -0.2) is 68.8 Å². The van der Waals surface area contributed by atoms with E-state index in [1.807, 2.05) is 0 Å². The summed E-state index contributed by atoms with van der Waals surface area (Å²) in [6.07, 6.45) is 1.06. The Hall–Kier alpha value is -1.11. The van der Waals surface area contributed by atoms with Crippen LogP contribution in [-0.2, 0) is 15.6 Å². The van der Waals surface area contributed by atoms with Crippen molar-refractivity contribution in [2.45, 2.75) is 12.8 Å².